The summed E-state index contributed by atoms with van der Waals surface area (Å²) in [6, 6.07) is 9.80. The first-order chi connectivity index (χ1) is 14.5. The summed E-state index contributed by atoms with van der Waals surface area (Å²) in [5.41, 5.74) is 0.784. The van der Waals surface area contributed by atoms with Crippen molar-refractivity contribution in [1.82, 2.24) is 5.01 Å². The highest BCUT2D eigenvalue weighted by Crippen LogP contribution is 2.65. The molecule has 2 saturated carbocycles. The molecule has 3 fully saturated rings. The smallest absolute Gasteiger partial charge is 0.335 e. The van der Waals surface area contributed by atoms with Crippen LogP contribution in [0.5, 0.6) is 0 Å². The third-order valence-corrected chi connectivity index (χ3v) is 6.96. The van der Waals surface area contributed by atoms with Crippen LogP contribution in [0.2, 0.25) is 0 Å². The minimum atomic E-state index is -1.01. The zero-order valence-corrected chi connectivity index (χ0v) is 15.8. The lowest BCUT2D eigenvalue weighted by Gasteiger charge is -2.37. The number of imide groups is 1. The van der Waals surface area contributed by atoms with E-state index in [0.717, 1.165) is 11.4 Å². The average molecular weight is 402 g/mol. The number of aromatic carboxylic acids is 1. The van der Waals surface area contributed by atoms with Crippen molar-refractivity contribution in [1.29, 1.82) is 0 Å². The molecule has 2 bridgehead atoms. The number of hydrogen-bond acceptors (Lipinski definition) is 5. The first-order valence-corrected chi connectivity index (χ1v) is 10.1. The van der Waals surface area contributed by atoms with E-state index < -0.39 is 5.97 Å². The molecule has 30 heavy (non-hydrogen) atoms. The monoisotopic (exact) mass is 402 g/mol. The van der Waals surface area contributed by atoms with Gasteiger partial charge < -0.3 is 9.52 Å². The van der Waals surface area contributed by atoms with Gasteiger partial charge in [-0.2, -0.15) is 10.1 Å². The second kappa shape index (κ2) is 6.01. The maximum atomic E-state index is 12.9. The third kappa shape index (κ3) is 2.38. The van der Waals surface area contributed by atoms with Crippen molar-refractivity contribution in [2.24, 2.45) is 40.6 Å². The van der Waals surface area contributed by atoms with Crippen molar-refractivity contribution in [2.45, 2.75) is 6.42 Å². The van der Waals surface area contributed by atoms with Crippen molar-refractivity contribution in [3.8, 4) is 11.3 Å². The van der Waals surface area contributed by atoms with E-state index in [-0.39, 0.29) is 41.0 Å². The molecule has 2 aromatic rings. The number of allylic oxidation sites excluding steroid dienone is 2. The average Bonchev–Trinajstić information content (AvgIpc) is 3.39. The summed E-state index contributed by atoms with van der Waals surface area (Å²) in [6.07, 6.45) is 6.75. The van der Waals surface area contributed by atoms with Gasteiger partial charge in [0.25, 0.3) is 11.8 Å². The highest BCUT2D eigenvalue weighted by molar-refractivity contribution is 6.06. The van der Waals surface area contributed by atoms with Crippen LogP contribution >= 0.6 is 0 Å². The second-order valence-electron chi connectivity index (χ2n) is 8.48. The number of benzene rings is 1. The molecular formula is C23H18N2O5. The number of amides is 2. The minimum Gasteiger partial charge on any atom is -0.478 e. The van der Waals surface area contributed by atoms with Crippen LogP contribution in [-0.2, 0) is 9.59 Å². The molecule has 1 aliphatic heterocycles. The maximum absolute atomic E-state index is 12.9. The van der Waals surface area contributed by atoms with E-state index >= 15 is 0 Å². The molecule has 1 N–H and O–H groups in total. The topological polar surface area (TPSA) is 100 Å². The Labute approximate surface area is 171 Å². The van der Waals surface area contributed by atoms with E-state index in [1.165, 1.54) is 18.3 Å². The van der Waals surface area contributed by atoms with Crippen LogP contribution in [0, 0.1) is 35.5 Å². The van der Waals surface area contributed by atoms with Gasteiger partial charge in [-0.3, -0.25) is 9.59 Å². The fourth-order valence-corrected chi connectivity index (χ4v) is 5.55. The number of carbonyl (C=O) groups is 3. The Morgan fingerprint density at radius 2 is 1.77 bits per heavy atom. The molecule has 0 spiro atoms. The van der Waals surface area contributed by atoms with Gasteiger partial charge in [-0.05, 0) is 54.4 Å². The number of hydrazone groups is 1. The number of furan rings is 1. The molecule has 0 radical (unpaired) electrons. The molecule has 150 valence electrons. The number of carbonyl (C=O) groups excluding carboxylic acids is 2. The Morgan fingerprint density at radius 1 is 1.07 bits per heavy atom. The Bertz CT molecular complexity index is 1130. The van der Waals surface area contributed by atoms with Crippen molar-refractivity contribution < 1.29 is 23.9 Å². The van der Waals surface area contributed by atoms with Crippen molar-refractivity contribution in [3.05, 3.63) is 59.9 Å². The summed E-state index contributed by atoms with van der Waals surface area (Å²) in [6.45, 7) is 0. The molecule has 5 aliphatic rings. The highest BCUT2D eigenvalue weighted by Gasteiger charge is 2.67. The number of carboxylic acid groups (broad SMARTS) is 1. The summed E-state index contributed by atoms with van der Waals surface area (Å²) >= 11 is 0. The molecule has 2 amide bonds. The predicted molar refractivity (Wildman–Crippen MR) is 105 cm³/mol. The molecule has 7 rings (SSSR count). The molecule has 7 nitrogen and oxygen atoms in total. The highest BCUT2D eigenvalue weighted by atomic mass is 16.4. The van der Waals surface area contributed by atoms with E-state index in [2.05, 4.69) is 17.3 Å². The van der Waals surface area contributed by atoms with Gasteiger partial charge in [-0.25, -0.2) is 4.79 Å². The fourth-order valence-electron chi connectivity index (χ4n) is 5.55. The Balaban J connectivity index is 1.24. The lowest BCUT2D eigenvalue weighted by atomic mass is 9.63. The van der Waals surface area contributed by atoms with E-state index in [4.69, 9.17) is 9.52 Å². The van der Waals surface area contributed by atoms with Crippen LogP contribution in [0.4, 0.5) is 0 Å². The van der Waals surface area contributed by atoms with Gasteiger partial charge in [0.2, 0.25) is 0 Å². The second-order valence-corrected chi connectivity index (χ2v) is 8.48. The van der Waals surface area contributed by atoms with Gasteiger partial charge in [0.05, 0.1) is 23.6 Å². The van der Waals surface area contributed by atoms with Crippen LogP contribution in [-0.4, -0.2) is 34.1 Å². The summed E-state index contributed by atoms with van der Waals surface area (Å²) in [7, 11) is 0. The zero-order valence-electron chi connectivity index (χ0n) is 15.8. The fraction of sp³-hybridized carbons (Fsp3) is 0.304. The lowest BCUT2D eigenvalue weighted by Crippen LogP contribution is -2.40. The van der Waals surface area contributed by atoms with E-state index in [9.17, 15) is 14.4 Å². The first-order valence-electron chi connectivity index (χ1n) is 10.1. The lowest BCUT2D eigenvalue weighted by molar-refractivity contribution is -0.140. The quantitative estimate of drug-likeness (QED) is 0.481. The standard InChI is InChI=1S/C23H18N2O5/c26-21-19-14-5-6-15(17-9-16(14)17)20(19)22(27)25(21)24-10-13-4-7-18(30-13)11-2-1-3-12(8-11)23(28)29/h1-8,10,14-17,19-20H,9H2,(H,28,29)/b24-10-/t14-,15-,16-,17+,19-,20-/m1/s1. The molecule has 1 aromatic carbocycles. The molecular weight excluding hydrogens is 384 g/mol. The summed E-state index contributed by atoms with van der Waals surface area (Å²) < 4.78 is 5.73. The Hall–Kier alpha value is -3.48. The predicted octanol–water partition coefficient (Wildman–Crippen LogP) is 3.03. The van der Waals surface area contributed by atoms with Crippen LogP contribution in [0.3, 0.4) is 0 Å². The molecule has 7 heteroatoms. The number of carboxylic acids is 1. The minimum absolute atomic E-state index is 0.163. The van der Waals surface area contributed by atoms with Crippen molar-refractivity contribution in [3.63, 3.8) is 0 Å². The van der Waals surface area contributed by atoms with Crippen LogP contribution in [0.15, 0.2) is 58.1 Å². The summed E-state index contributed by atoms with van der Waals surface area (Å²) in [5.74, 6) is 0.292. The van der Waals surface area contributed by atoms with Crippen LogP contribution in [0.1, 0.15) is 22.5 Å². The maximum Gasteiger partial charge on any atom is 0.335 e. The molecule has 6 atom stereocenters. The van der Waals surface area contributed by atoms with Gasteiger partial charge in [0, 0.05) is 5.56 Å². The SMILES string of the molecule is O=C(O)c1cccc(-c2ccc(/C=N\N3C(=O)[C@@H]4[C@@H]5C=C[C@H]([C@@H]6C[C@H]56)[C@H]4C3=O)o2)c1. The number of hydrogen-bond donors (Lipinski definition) is 1. The largest absolute Gasteiger partial charge is 0.478 e. The molecule has 1 aromatic heterocycles. The van der Waals surface area contributed by atoms with Gasteiger partial charge in [0.15, 0.2) is 0 Å². The molecule has 1 saturated heterocycles. The van der Waals surface area contributed by atoms with Gasteiger partial charge >= 0.3 is 5.97 Å². The van der Waals surface area contributed by atoms with E-state index in [0.29, 0.717) is 28.9 Å². The molecule has 4 aliphatic carbocycles. The Kier molecular flexibility index (Phi) is 3.48. The van der Waals surface area contributed by atoms with Gasteiger partial charge in [-0.15, -0.1) is 0 Å². The summed E-state index contributed by atoms with van der Waals surface area (Å²) in [4.78, 5) is 37.0. The molecule has 0 unspecified atom stereocenters. The van der Waals surface area contributed by atoms with Crippen LogP contribution in [0.25, 0.3) is 11.3 Å². The van der Waals surface area contributed by atoms with Gasteiger partial charge in [0.1, 0.15) is 11.5 Å². The van der Waals surface area contributed by atoms with Crippen molar-refractivity contribution in [2.75, 3.05) is 0 Å². The van der Waals surface area contributed by atoms with Crippen molar-refractivity contribution >= 4 is 24.0 Å². The van der Waals surface area contributed by atoms with E-state index in [1.54, 1.807) is 24.3 Å². The zero-order chi connectivity index (χ0) is 20.6. The van der Waals surface area contributed by atoms with Gasteiger partial charge in [-0.1, -0.05) is 24.3 Å². The number of nitrogens with zero attached hydrogens (tertiary/aromatic N) is 2. The first kappa shape index (κ1) is 17.4. The summed E-state index contributed by atoms with van der Waals surface area (Å²) in [5, 5.41) is 14.3. The van der Waals surface area contributed by atoms with E-state index in [1.807, 2.05) is 0 Å². The number of rotatable bonds is 4. The Morgan fingerprint density at radius 3 is 2.43 bits per heavy atom. The third-order valence-electron chi connectivity index (χ3n) is 6.96. The van der Waals surface area contributed by atoms with Crippen LogP contribution < -0.4 is 0 Å². The normalized spacial score (nSPS) is 33.3. The molecule has 2 heterocycles.